The molecule has 0 saturated carbocycles. The van der Waals surface area contributed by atoms with Crippen LogP contribution in [0, 0.1) is 0 Å². The summed E-state index contributed by atoms with van der Waals surface area (Å²) >= 11 is 0. The van der Waals surface area contributed by atoms with Gasteiger partial charge in [-0.2, -0.15) is 0 Å². The SMILES string of the molecule is CC(C)(C)c1ccc(NC(=O)c2cncc(N)n2)cc1. The van der Waals surface area contributed by atoms with Gasteiger partial charge >= 0.3 is 0 Å². The Kier molecular flexibility index (Phi) is 3.70. The summed E-state index contributed by atoms with van der Waals surface area (Å²) < 4.78 is 0. The van der Waals surface area contributed by atoms with Crippen molar-refractivity contribution in [1.82, 2.24) is 9.97 Å². The fraction of sp³-hybridized carbons (Fsp3) is 0.267. The first-order chi connectivity index (χ1) is 9.36. The molecule has 1 amide bonds. The Hall–Kier alpha value is -2.43. The number of carbonyl (C=O) groups excluding carboxylic acids is 1. The van der Waals surface area contributed by atoms with Crippen molar-refractivity contribution in [3.63, 3.8) is 0 Å². The third-order valence-electron chi connectivity index (χ3n) is 2.89. The lowest BCUT2D eigenvalue weighted by Gasteiger charge is -2.19. The molecule has 104 valence electrons. The van der Waals surface area contributed by atoms with Gasteiger partial charge in [0, 0.05) is 5.69 Å². The number of nitrogens with zero attached hydrogens (tertiary/aromatic N) is 2. The van der Waals surface area contributed by atoms with Gasteiger partial charge in [-0.3, -0.25) is 9.78 Å². The van der Waals surface area contributed by atoms with Gasteiger partial charge in [0.15, 0.2) is 0 Å². The summed E-state index contributed by atoms with van der Waals surface area (Å²) in [5, 5.41) is 2.77. The maximum Gasteiger partial charge on any atom is 0.275 e. The normalized spacial score (nSPS) is 11.2. The highest BCUT2D eigenvalue weighted by molar-refractivity contribution is 6.02. The molecular formula is C15H18N4O. The molecule has 1 heterocycles. The molecule has 1 aromatic carbocycles. The summed E-state index contributed by atoms with van der Waals surface area (Å²) in [6, 6.07) is 7.75. The number of nitrogens with one attached hydrogen (secondary N) is 1. The van der Waals surface area contributed by atoms with Crippen LogP contribution in [-0.2, 0) is 5.41 Å². The minimum atomic E-state index is -0.326. The number of hydrogen-bond donors (Lipinski definition) is 2. The molecule has 0 radical (unpaired) electrons. The average molecular weight is 270 g/mol. The third kappa shape index (κ3) is 3.32. The van der Waals surface area contributed by atoms with Crippen LogP contribution < -0.4 is 11.1 Å². The molecule has 1 aromatic heterocycles. The van der Waals surface area contributed by atoms with Gasteiger partial charge in [-0.15, -0.1) is 0 Å². The highest BCUT2D eigenvalue weighted by Crippen LogP contribution is 2.23. The Bertz CT molecular complexity index is 615. The Labute approximate surface area is 118 Å². The number of amides is 1. The van der Waals surface area contributed by atoms with Crippen molar-refractivity contribution in [3.8, 4) is 0 Å². The number of nitrogens with two attached hydrogens (primary N) is 1. The second kappa shape index (κ2) is 5.28. The van der Waals surface area contributed by atoms with Gasteiger partial charge in [-0.1, -0.05) is 32.9 Å². The van der Waals surface area contributed by atoms with Crippen LogP contribution in [0.25, 0.3) is 0 Å². The Balaban J connectivity index is 2.12. The maximum absolute atomic E-state index is 12.0. The molecule has 0 spiro atoms. The maximum atomic E-state index is 12.0. The Morgan fingerprint density at radius 2 is 1.80 bits per heavy atom. The van der Waals surface area contributed by atoms with Crippen LogP contribution in [0.3, 0.4) is 0 Å². The number of benzene rings is 1. The number of hydrogen-bond acceptors (Lipinski definition) is 4. The smallest absolute Gasteiger partial charge is 0.275 e. The van der Waals surface area contributed by atoms with E-state index in [4.69, 9.17) is 5.73 Å². The zero-order valence-electron chi connectivity index (χ0n) is 11.8. The van der Waals surface area contributed by atoms with Crippen molar-refractivity contribution in [2.24, 2.45) is 0 Å². The van der Waals surface area contributed by atoms with Gasteiger partial charge < -0.3 is 11.1 Å². The molecule has 0 atom stereocenters. The zero-order valence-corrected chi connectivity index (χ0v) is 11.8. The topological polar surface area (TPSA) is 80.9 Å². The van der Waals surface area contributed by atoms with E-state index in [1.807, 2.05) is 24.3 Å². The van der Waals surface area contributed by atoms with E-state index in [1.54, 1.807) is 0 Å². The first-order valence-electron chi connectivity index (χ1n) is 6.36. The summed E-state index contributed by atoms with van der Waals surface area (Å²) in [5.74, 6) is -0.103. The van der Waals surface area contributed by atoms with Crippen LogP contribution in [0.15, 0.2) is 36.7 Å². The van der Waals surface area contributed by atoms with Crippen LogP contribution in [0.4, 0.5) is 11.5 Å². The van der Waals surface area contributed by atoms with Gasteiger partial charge in [0.2, 0.25) is 0 Å². The molecule has 2 rings (SSSR count). The molecule has 0 unspecified atom stereocenters. The molecule has 0 bridgehead atoms. The molecule has 5 nitrogen and oxygen atoms in total. The largest absolute Gasteiger partial charge is 0.382 e. The van der Waals surface area contributed by atoms with E-state index in [2.05, 4.69) is 36.1 Å². The van der Waals surface area contributed by atoms with E-state index in [9.17, 15) is 4.79 Å². The summed E-state index contributed by atoms with van der Waals surface area (Å²) in [6.07, 6.45) is 2.78. The zero-order chi connectivity index (χ0) is 14.8. The number of rotatable bonds is 2. The van der Waals surface area contributed by atoms with Crippen molar-refractivity contribution in [2.75, 3.05) is 11.1 Å². The molecule has 0 aliphatic carbocycles. The van der Waals surface area contributed by atoms with Gasteiger partial charge in [0.25, 0.3) is 5.91 Å². The predicted molar refractivity (Wildman–Crippen MR) is 79.5 cm³/mol. The molecule has 0 aliphatic heterocycles. The third-order valence-corrected chi connectivity index (χ3v) is 2.89. The molecule has 20 heavy (non-hydrogen) atoms. The summed E-state index contributed by atoms with van der Waals surface area (Å²) in [5.41, 5.74) is 7.71. The van der Waals surface area contributed by atoms with E-state index in [0.29, 0.717) is 5.69 Å². The van der Waals surface area contributed by atoms with Gasteiger partial charge in [0.1, 0.15) is 11.5 Å². The first kappa shape index (κ1) is 14.0. The number of aromatic nitrogens is 2. The summed E-state index contributed by atoms with van der Waals surface area (Å²) in [7, 11) is 0. The molecule has 3 N–H and O–H groups in total. The highest BCUT2D eigenvalue weighted by Gasteiger charge is 2.14. The van der Waals surface area contributed by atoms with E-state index in [-0.39, 0.29) is 22.8 Å². The number of anilines is 2. The minimum Gasteiger partial charge on any atom is -0.382 e. The second-order valence-corrected chi connectivity index (χ2v) is 5.61. The van der Waals surface area contributed by atoms with E-state index in [1.165, 1.54) is 18.0 Å². The quantitative estimate of drug-likeness (QED) is 0.879. The Morgan fingerprint density at radius 1 is 1.15 bits per heavy atom. The second-order valence-electron chi connectivity index (χ2n) is 5.61. The number of nitrogen functional groups attached to an aromatic ring is 1. The lowest BCUT2D eigenvalue weighted by molar-refractivity contribution is 0.102. The predicted octanol–water partition coefficient (Wildman–Crippen LogP) is 2.61. The van der Waals surface area contributed by atoms with Gasteiger partial charge in [-0.05, 0) is 23.1 Å². The average Bonchev–Trinajstić information content (AvgIpc) is 2.38. The first-order valence-corrected chi connectivity index (χ1v) is 6.36. The van der Waals surface area contributed by atoms with Crippen LogP contribution in [0.1, 0.15) is 36.8 Å². The van der Waals surface area contributed by atoms with Crippen molar-refractivity contribution in [3.05, 3.63) is 47.9 Å². The Morgan fingerprint density at radius 3 is 2.35 bits per heavy atom. The minimum absolute atomic E-state index is 0.0852. The van der Waals surface area contributed by atoms with E-state index in [0.717, 1.165) is 0 Å². The van der Waals surface area contributed by atoms with E-state index < -0.39 is 0 Å². The summed E-state index contributed by atoms with van der Waals surface area (Å²) in [4.78, 5) is 19.8. The van der Waals surface area contributed by atoms with E-state index >= 15 is 0 Å². The lowest BCUT2D eigenvalue weighted by Crippen LogP contribution is -2.15. The molecule has 5 heteroatoms. The molecular weight excluding hydrogens is 252 g/mol. The van der Waals surface area contributed by atoms with Crippen molar-refractivity contribution >= 4 is 17.4 Å². The lowest BCUT2D eigenvalue weighted by atomic mass is 9.87. The number of carbonyl (C=O) groups is 1. The van der Waals surface area contributed by atoms with Crippen molar-refractivity contribution in [1.29, 1.82) is 0 Å². The molecule has 2 aromatic rings. The molecule has 0 saturated heterocycles. The fourth-order valence-corrected chi connectivity index (χ4v) is 1.74. The van der Waals surface area contributed by atoms with Crippen LogP contribution in [0.5, 0.6) is 0 Å². The standard InChI is InChI=1S/C15H18N4O/c1-15(2,3)10-4-6-11(7-5-10)18-14(20)12-8-17-9-13(16)19-12/h4-9H,1-3H3,(H2,16,19)(H,18,20). The highest BCUT2D eigenvalue weighted by atomic mass is 16.1. The van der Waals surface area contributed by atoms with Crippen LogP contribution in [0.2, 0.25) is 0 Å². The molecule has 0 fully saturated rings. The van der Waals surface area contributed by atoms with Crippen LogP contribution >= 0.6 is 0 Å². The molecule has 0 aliphatic rings. The fourth-order valence-electron chi connectivity index (χ4n) is 1.74. The van der Waals surface area contributed by atoms with Gasteiger partial charge in [-0.25, -0.2) is 4.98 Å². The van der Waals surface area contributed by atoms with Crippen molar-refractivity contribution in [2.45, 2.75) is 26.2 Å². The monoisotopic (exact) mass is 270 g/mol. The van der Waals surface area contributed by atoms with Crippen LogP contribution in [-0.4, -0.2) is 15.9 Å². The van der Waals surface area contributed by atoms with Gasteiger partial charge in [0.05, 0.1) is 12.4 Å². The van der Waals surface area contributed by atoms with Crippen molar-refractivity contribution < 1.29 is 4.79 Å². The summed E-state index contributed by atoms with van der Waals surface area (Å²) in [6.45, 7) is 6.43.